The lowest BCUT2D eigenvalue weighted by Gasteiger charge is -2.36. The van der Waals surface area contributed by atoms with Crippen molar-refractivity contribution >= 4 is 0 Å². The molecule has 1 unspecified atom stereocenters. The van der Waals surface area contributed by atoms with Crippen LogP contribution < -0.4 is 5.32 Å². The van der Waals surface area contributed by atoms with E-state index in [2.05, 4.69) is 5.32 Å². The lowest BCUT2D eigenvalue weighted by Crippen LogP contribution is -2.46. The number of nitrogens with one attached hydrogen (secondary N) is 1. The fraction of sp³-hybridized carbons (Fsp3) is 0.500. The van der Waals surface area contributed by atoms with E-state index in [4.69, 9.17) is 0 Å². The Bertz CT molecular complexity index is 334. The van der Waals surface area contributed by atoms with Gasteiger partial charge in [-0.3, -0.25) is 0 Å². The summed E-state index contributed by atoms with van der Waals surface area (Å²) in [4.78, 5) is 0. The molecule has 82 valence electrons. The molecule has 0 amide bonds. The molecule has 0 bridgehead atoms. The van der Waals surface area contributed by atoms with Crippen LogP contribution in [0.5, 0.6) is 0 Å². The Labute approximate surface area is 89.1 Å². The molecule has 0 aliphatic carbocycles. The van der Waals surface area contributed by atoms with Gasteiger partial charge in [0.25, 0.3) is 0 Å². The van der Waals surface area contributed by atoms with E-state index < -0.39 is 5.41 Å². The molecule has 2 nitrogen and oxygen atoms in total. The van der Waals surface area contributed by atoms with Crippen LogP contribution in [0, 0.1) is 5.82 Å². The molecular formula is C12H16FNO. The zero-order valence-corrected chi connectivity index (χ0v) is 8.67. The molecule has 0 saturated carbocycles. The van der Waals surface area contributed by atoms with Crippen LogP contribution in [0.4, 0.5) is 4.39 Å². The lowest BCUT2D eigenvalue weighted by molar-refractivity contribution is 0.159. The van der Waals surface area contributed by atoms with Gasteiger partial charge in [0, 0.05) is 12.0 Å². The summed E-state index contributed by atoms with van der Waals surface area (Å²) in [7, 11) is 0. The highest BCUT2D eigenvalue weighted by Gasteiger charge is 2.35. The molecule has 1 aromatic carbocycles. The monoisotopic (exact) mass is 209 g/mol. The number of hydrogen-bond donors (Lipinski definition) is 2. The predicted molar refractivity (Wildman–Crippen MR) is 57.3 cm³/mol. The summed E-state index contributed by atoms with van der Waals surface area (Å²) in [6.45, 7) is 1.61. The predicted octanol–water partition coefficient (Wildman–Crippen LogP) is 1.44. The first-order valence-electron chi connectivity index (χ1n) is 5.35. The number of aliphatic hydroxyl groups is 1. The quantitative estimate of drug-likeness (QED) is 0.772. The van der Waals surface area contributed by atoms with E-state index in [1.54, 1.807) is 12.1 Å². The van der Waals surface area contributed by atoms with Crippen LogP contribution in [-0.4, -0.2) is 24.8 Å². The minimum atomic E-state index is -0.427. The summed E-state index contributed by atoms with van der Waals surface area (Å²) in [5, 5.41) is 12.7. The average Bonchev–Trinajstić information content (AvgIpc) is 2.30. The van der Waals surface area contributed by atoms with Crippen molar-refractivity contribution in [3.05, 3.63) is 35.6 Å². The van der Waals surface area contributed by atoms with Gasteiger partial charge in [-0.05, 0) is 31.0 Å². The molecule has 3 heteroatoms. The Morgan fingerprint density at radius 1 is 1.40 bits per heavy atom. The van der Waals surface area contributed by atoms with Gasteiger partial charge in [-0.1, -0.05) is 18.2 Å². The Balaban J connectivity index is 2.36. The van der Waals surface area contributed by atoms with Crippen molar-refractivity contribution < 1.29 is 9.50 Å². The van der Waals surface area contributed by atoms with Crippen molar-refractivity contribution in [3.8, 4) is 0 Å². The van der Waals surface area contributed by atoms with Crippen molar-refractivity contribution in [2.45, 2.75) is 18.3 Å². The zero-order chi connectivity index (χ0) is 10.7. The summed E-state index contributed by atoms with van der Waals surface area (Å²) in [6, 6.07) is 6.74. The first-order chi connectivity index (χ1) is 7.28. The third kappa shape index (κ3) is 1.90. The van der Waals surface area contributed by atoms with Gasteiger partial charge >= 0.3 is 0 Å². The lowest BCUT2D eigenvalue weighted by atomic mass is 9.75. The Morgan fingerprint density at radius 2 is 2.20 bits per heavy atom. The van der Waals surface area contributed by atoms with Crippen molar-refractivity contribution in [1.82, 2.24) is 5.32 Å². The summed E-state index contributed by atoms with van der Waals surface area (Å²) in [5.41, 5.74) is 0.212. The number of halogens is 1. The van der Waals surface area contributed by atoms with Crippen LogP contribution in [0.1, 0.15) is 18.4 Å². The fourth-order valence-electron chi connectivity index (χ4n) is 2.31. The molecule has 1 saturated heterocycles. The van der Waals surface area contributed by atoms with Gasteiger partial charge in [0.15, 0.2) is 0 Å². The molecule has 0 radical (unpaired) electrons. The van der Waals surface area contributed by atoms with E-state index >= 15 is 0 Å². The standard InChI is InChI=1S/C12H16FNO/c13-11-5-2-1-4-10(11)12(9-15)6-3-7-14-8-12/h1-2,4-5,14-15H,3,6-9H2. The SMILES string of the molecule is OCC1(c2ccccc2F)CCCNC1. The van der Waals surface area contributed by atoms with Crippen molar-refractivity contribution in [1.29, 1.82) is 0 Å². The molecule has 1 atom stereocenters. The number of rotatable bonds is 2. The normalized spacial score (nSPS) is 26.5. The van der Waals surface area contributed by atoms with Crippen LogP contribution >= 0.6 is 0 Å². The second-order valence-electron chi connectivity index (χ2n) is 4.20. The van der Waals surface area contributed by atoms with Gasteiger partial charge in [-0.2, -0.15) is 0 Å². The van der Waals surface area contributed by atoms with E-state index in [9.17, 15) is 9.50 Å². The Morgan fingerprint density at radius 3 is 2.80 bits per heavy atom. The summed E-state index contributed by atoms with van der Waals surface area (Å²) >= 11 is 0. The second-order valence-corrected chi connectivity index (χ2v) is 4.20. The first kappa shape index (κ1) is 10.6. The van der Waals surface area contributed by atoms with Crippen LogP contribution in [0.15, 0.2) is 24.3 Å². The minimum Gasteiger partial charge on any atom is -0.395 e. The number of piperidine rings is 1. The van der Waals surface area contributed by atoms with E-state index in [1.165, 1.54) is 6.07 Å². The molecule has 0 spiro atoms. The maximum absolute atomic E-state index is 13.7. The van der Waals surface area contributed by atoms with Gasteiger partial charge in [-0.15, -0.1) is 0 Å². The van der Waals surface area contributed by atoms with E-state index in [1.807, 2.05) is 6.07 Å². The topological polar surface area (TPSA) is 32.3 Å². The largest absolute Gasteiger partial charge is 0.395 e. The zero-order valence-electron chi connectivity index (χ0n) is 8.67. The first-order valence-corrected chi connectivity index (χ1v) is 5.35. The second kappa shape index (κ2) is 4.29. The summed E-state index contributed by atoms with van der Waals surface area (Å²) in [6.07, 6.45) is 1.83. The van der Waals surface area contributed by atoms with Crippen molar-refractivity contribution in [3.63, 3.8) is 0 Å². The maximum atomic E-state index is 13.7. The highest BCUT2D eigenvalue weighted by Crippen LogP contribution is 2.32. The van der Waals surface area contributed by atoms with Gasteiger partial charge < -0.3 is 10.4 Å². The third-order valence-electron chi connectivity index (χ3n) is 3.22. The summed E-state index contributed by atoms with van der Waals surface area (Å²) in [5.74, 6) is -0.213. The highest BCUT2D eigenvalue weighted by atomic mass is 19.1. The Kier molecular flexibility index (Phi) is 3.03. The molecule has 1 aromatic rings. The van der Waals surface area contributed by atoms with Crippen LogP contribution in [0.3, 0.4) is 0 Å². The smallest absolute Gasteiger partial charge is 0.127 e. The van der Waals surface area contributed by atoms with E-state index in [-0.39, 0.29) is 12.4 Å². The van der Waals surface area contributed by atoms with Crippen LogP contribution in [0.2, 0.25) is 0 Å². The molecule has 0 aromatic heterocycles. The van der Waals surface area contributed by atoms with Gasteiger partial charge in [-0.25, -0.2) is 4.39 Å². The number of benzene rings is 1. The molecule has 1 heterocycles. The highest BCUT2D eigenvalue weighted by molar-refractivity contribution is 5.28. The van der Waals surface area contributed by atoms with Gasteiger partial charge in [0.2, 0.25) is 0 Å². The average molecular weight is 209 g/mol. The number of hydrogen-bond acceptors (Lipinski definition) is 2. The molecule has 1 aliphatic rings. The molecular weight excluding hydrogens is 193 g/mol. The molecule has 2 rings (SSSR count). The number of aliphatic hydroxyl groups excluding tert-OH is 1. The van der Waals surface area contributed by atoms with Gasteiger partial charge in [0.05, 0.1) is 6.61 Å². The van der Waals surface area contributed by atoms with Gasteiger partial charge in [0.1, 0.15) is 5.82 Å². The van der Waals surface area contributed by atoms with Crippen LogP contribution in [-0.2, 0) is 5.41 Å². The third-order valence-corrected chi connectivity index (χ3v) is 3.22. The molecule has 1 fully saturated rings. The fourth-order valence-corrected chi connectivity index (χ4v) is 2.31. The van der Waals surface area contributed by atoms with Crippen LogP contribution in [0.25, 0.3) is 0 Å². The molecule has 15 heavy (non-hydrogen) atoms. The summed E-state index contributed by atoms with van der Waals surface area (Å²) < 4.78 is 13.7. The maximum Gasteiger partial charge on any atom is 0.127 e. The molecule has 2 N–H and O–H groups in total. The van der Waals surface area contributed by atoms with Crippen molar-refractivity contribution in [2.24, 2.45) is 0 Å². The molecule has 1 aliphatic heterocycles. The van der Waals surface area contributed by atoms with Crippen molar-refractivity contribution in [2.75, 3.05) is 19.7 Å². The minimum absolute atomic E-state index is 0.000926. The van der Waals surface area contributed by atoms with E-state index in [0.29, 0.717) is 12.1 Å². The van der Waals surface area contributed by atoms with E-state index in [0.717, 1.165) is 19.4 Å². The Hall–Kier alpha value is -0.930.